The first-order valence-corrected chi connectivity index (χ1v) is 15.2. The molecule has 1 atom stereocenters. The van der Waals surface area contributed by atoms with Crippen molar-refractivity contribution in [3.63, 3.8) is 0 Å². The molecular formula is C29H36N4O4S2. The lowest BCUT2D eigenvalue weighted by molar-refractivity contribution is -0.0441. The monoisotopic (exact) mass is 568 g/mol. The van der Waals surface area contributed by atoms with Crippen molar-refractivity contribution < 1.29 is 13.9 Å². The standard InChI is InChI=1S/C29H36N4O4S2/c1-18-23-24(34)26(29(2,3)4)31-33(28(23)39-25(18)27-30-13-16-36-27)17-22(20-9-7-8-10-21(20)35-5)37-19-11-14-32(38-6)15-12-19/h7-10,13,16,19,22H,11-12,14-15,17H2,1-6H3. The maximum absolute atomic E-state index is 13.8. The molecule has 8 nitrogen and oxygen atoms in total. The molecule has 0 radical (unpaired) electrons. The molecule has 1 unspecified atom stereocenters. The minimum absolute atomic E-state index is 0.0421. The van der Waals surface area contributed by atoms with Crippen molar-refractivity contribution in [1.29, 1.82) is 0 Å². The van der Waals surface area contributed by atoms with Gasteiger partial charge in [-0.1, -0.05) is 50.9 Å². The quantitative estimate of drug-likeness (QED) is 0.232. The maximum atomic E-state index is 13.8. The van der Waals surface area contributed by atoms with Crippen LogP contribution in [0.5, 0.6) is 5.75 Å². The van der Waals surface area contributed by atoms with Gasteiger partial charge in [0.2, 0.25) is 11.3 Å². The van der Waals surface area contributed by atoms with Crippen molar-refractivity contribution in [2.45, 2.75) is 64.7 Å². The van der Waals surface area contributed by atoms with E-state index >= 15 is 0 Å². The Labute approximate surface area is 237 Å². The number of aryl methyl sites for hydroxylation is 1. The van der Waals surface area contributed by atoms with E-state index in [9.17, 15) is 4.79 Å². The number of methoxy groups -OCH3 is 1. The number of hydrogen-bond donors (Lipinski definition) is 0. The molecular weight excluding hydrogens is 532 g/mol. The summed E-state index contributed by atoms with van der Waals surface area (Å²) in [5.74, 6) is 1.29. The SMILES string of the molecule is COc1ccccc1C(Cn1nc(C(C)(C)C)c(=O)c2c(C)c(-c3ncco3)sc21)OC1CCN(SC)CC1. The summed E-state index contributed by atoms with van der Waals surface area (Å²) in [5, 5.41) is 5.64. The lowest BCUT2D eigenvalue weighted by atomic mass is 9.91. The molecule has 1 aliphatic rings. The van der Waals surface area contributed by atoms with Crippen LogP contribution in [0.2, 0.25) is 0 Å². The molecule has 0 bridgehead atoms. The fourth-order valence-corrected chi connectivity index (χ4v) is 6.90. The van der Waals surface area contributed by atoms with Gasteiger partial charge in [0.15, 0.2) is 0 Å². The van der Waals surface area contributed by atoms with E-state index in [1.54, 1.807) is 31.5 Å². The largest absolute Gasteiger partial charge is 0.496 e. The van der Waals surface area contributed by atoms with Gasteiger partial charge < -0.3 is 13.9 Å². The highest BCUT2D eigenvalue weighted by atomic mass is 32.2. The highest BCUT2D eigenvalue weighted by molar-refractivity contribution is 7.96. The van der Waals surface area contributed by atoms with E-state index in [0.29, 0.717) is 23.5 Å². The topological polar surface area (TPSA) is 82.6 Å². The van der Waals surface area contributed by atoms with Crippen molar-refractivity contribution >= 4 is 33.5 Å². The molecule has 0 amide bonds. The minimum Gasteiger partial charge on any atom is -0.496 e. The molecule has 4 aromatic rings. The van der Waals surface area contributed by atoms with Crippen LogP contribution in [0.3, 0.4) is 0 Å². The number of para-hydroxylation sites is 1. The van der Waals surface area contributed by atoms with Gasteiger partial charge in [-0.2, -0.15) is 5.10 Å². The van der Waals surface area contributed by atoms with E-state index in [2.05, 4.69) is 21.6 Å². The first kappa shape index (κ1) is 27.9. The van der Waals surface area contributed by atoms with Crippen LogP contribution in [0.15, 0.2) is 45.9 Å². The van der Waals surface area contributed by atoms with Crippen LogP contribution in [-0.2, 0) is 16.7 Å². The van der Waals surface area contributed by atoms with Gasteiger partial charge in [-0.15, -0.1) is 11.3 Å². The average Bonchev–Trinajstić information content (AvgIpc) is 3.58. The minimum atomic E-state index is -0.435. The number of aromatic nitrogens is 3. The van der Waals surface area contributed by atoms with Crippen LogP contribution in [0, 0.1) is 6.92 Å². The molecule has 10 heteroatoms. The molecule has 3 aromatic heterocycles. The number of rotatable bonds is 8. The molecule has 1 aromatic carbocycles. The summed E-state index contributed by atoms with van der Waals surface area (Å²) in [7, 11) is 1.69. The van der Waals surface area contributed by atoms with Crippen LogP contribution < -0.4 is 10.2 Å². The molecule has 0 saturated carbocycles. The molecule has 1 saturated heterocycles. The normalized spacial score (nSPS) is 16.2. The average molecular weight is 569 g/mol. The number of ether oxygens (including phenoxy) is 2. The van der Waals surface area contributed by atoms with Gasteiger partial charge in [-0.05, 0) is 37.7 Å². The van der Waals surface area contributed by atoms with Gasteiger partial charge in [0.25, 0.3) is 0 Å². The lowest BCUT2D eigenvalue weighted by Gasteiger charge is -2.33. The molecule has 5 rings (SSSR count). The van der Waals surface area contributed by atoms with E-state index in [-0.39, 0.29) is 17.6 Å². The molecule has 39 heavy (non-hydrogen) atoms. The summed E-state index contributed by atoms with van der Waals surface area (Å²) in [6.45, 7) is 10.5. The predicted molar refractivity (Wildman–Crippen MR) is 158 cm³/mol. The van der Waals surface area contributed by atoms with Crippen LogP contribution >= 0.6 is 23.3 Å². The van der Waals surface area contributed by atoms with Crippen LogP contribution in [0.1, 0.15) is 56.5 Å². The molecule has 0 spiro atoms. The van der Waals surface area contributed by atoms with Gasteiger partial charge >= 0.3 is 0 Å². The summed E-state index contributed by atoms with van der Waals surface area (Å²) in [4.78, 5) is 19.8. The molecule has 0 N–H and O–H groups in total. The van der Waals surface area contributed by atoms with Crippen LogP contribution in [0.25, 0.3) is 21.0 Å². The Bertz CT molecular complexity index is 1480. The van der Waals surface area contributed by atoms with Crippen molar-refractivity contribution in [3.8, 4) is 16.5 Å². The number of thiophene rings is 1. The zero-order valence-electron chi connectivity index (χ0n) is 23.4. The second kappa shape index (κ2) is 11.4. The summed E-state index contributed by atoms with van der Waals surface area (Å²) in [6, 6.07) is 8.00. The van der Waals surface area contributed by atoms with Crippen LogP contribution in [0.4, 0.5) is 0 Å². The zero-order chi connectivity index (χ0) is 27.7. The van der Waals surface area contributed by atoms with Gasteiger partial charge in [0, 0.05) is 24.1 Å². The Morgan fingerprint density at radius 2 is 1.97 bits per heavy atom. The summed E-state index contributed by atoms with van der Waals surface area (Å²) >= 11 is 3.27. The Balaban J connectivity index is 1.63. The summed E-state index contributed by atoms with van der Waals surface area (Å²) in [6.07, 6.45) is 7.02. The van der Waals surface area contributed by atoms with E-state index in [0.717, 1.165) is 52.5 Å². The predicted octanol–water partition coefficient (Wildman–Crippen LogP) is 6.23. The fourth-order valence-electron chi connectivity index (χ4n) is 5.12. The second-order valence-corrected chi connectivity index (χ2v) is 12.7. The van der Waals surface area contributed by atoms with Gasteiger partial charge in [-0.3, -0.25) is 13.8 Å². The van der Waals surface area contributed by atoms with Crippen molar-refractivity contribution in [3.05, 3.63) is 63.8 Å². The Morgan fingerprint density at radius 3 is 2.62 bits per heavy atom. The van der Waals surface area contributed by atoms with Gasteiger partial charge in [0.05, 0.1) is 36.2 Å². The number of benzene rings is 1. The van der Waals surface area contributed by atoms with Gasteiger partial charge in [0.1, 0.15) is 28.6 Å². The lowest BCUT2D eigenvalue weighted by Crippen LogP contribution is -2.34. The number of oxazole rings is 1. The Hall–Kier alpha value is -2.66. The third-order valence-electron chi connectivity index (χ3n) is 7.20. The molecule has 1 aliphatic heterocycles. The third kappa shape index (κ3) is 5.66. The van der Waals surface area contributed by atoms with Crippen molar-refractivity contribution in [2.75, 3.05) is 26.5 Å². The molecule has 208 valence electrons. The van der Waals surface area contributed by atoms with Crippen LogP contribution in [-0.4, -0.2) is 51.6 Å². The van der Waals surface area contributed by atoms with E-state index in [1.165, 1.54) is 11.3 Å². The second-order valence-electron chi connectivity index (χ2n) is 10.9. The summed E-state index contributed by atoms with van der Waals surface area (Å²) in [5.41, 5.74) is 1.89. The smallest absolute Gasteiger partial charge is 0.236 e. The fraction of sp³-hybridized carbons (Fsp3) is 0.483. The molecule has 0 aliphatic carbocycles. The zero-order valence-corrected chi connectivity index (χ0v) is 25.0. The summed E-state index contributed by atoms with van der Waals surface area (Å²) < 4.78 is 22.6. The highest BCUT2D eigenvalue weighted by Crippen LogP contribution is 2.38. The Kier molecular flexibility index (Phi) is 8.19. The molecule has 1 fully saturated rings. The van der Waals surface area contributed by atoms with Crippen molar-refractivity contribution in [1.82, 2.24) is 19.1 Å². The number of hydrogen-bond acceptors (Lipinski definition) is 9. The first-order chi connectivity index (χ1) is 18.7. The molecule has 4 heterocycles. The third-order valence-corrected chi connectivity index (χ3v) is 9.38. The number of piperidine rings is 1. The van der Waals surface area contributed by atoms with Gasteiger partial charge in [-0.25, -0.2) is 4.98 Å². The first-order valence-electron chi connectivity index (χ1n) is 13.2. The maximum Gasteiger partial charge on any atom is 0.236 e. The number of nitrogens with zero attached hydrogens (tertiary/aromatic N) is 4. The Morgan fingerprint density at radius 1 is 1.23 bits per heavy atom. The van der Waals surface area contributed by atoms with Crippen molar-refractivity contribution in [2.24, 2.45) is 0 Å². The number of fused-ring (bicyclic) bond motifs is 1. The van der Waals surface area contributed by atoms with E-state index < -0.39 is 5.41 Å². The highest BCUT2D eigenvalue weighted by Gasteiger charge is 2.30. The van der Waals surface area contributed by atoms with E-state index in [4.69, 9.17) is 19.0 Å². The van der Waals surface area contributed by atoms with E-state index in [1.807, 2.05) is 50.6 Å².